The number of carbonyl (C=O) groups is 2. The normalized spacial score (nSPS) is 37.7. The maximum Gasteiger partial charge on any atom is 0.410 e. The Hall–Kier alpha value is -1.38. The van der Waals surface area contributed by atoms with E-state index in [4.69, 9.17) is 4.74 Å². The highest BCUT2D eigenvalue weighted by molar-refractivity contribution is 7.91. The summed E-state index contributed by atoms with van der Waals surface area (Å²) in [6, 6.07) is -0.278. The third-order valence-corrected chi connectivity index (χ3v) is 10.5. The molecule has 4 aliphatic rings. The summed E-state index contributed by atoms with van der Waals surface area (Å²) in [6.07, 6.45) is 8.33. The van der Waals surface area contributed by atoms with Crippen molar-refractivity contribution < 1.29 is 27.1 Å². The van der Waals surface area contributed by atoms with E-state index in [-0.39, 0.29) is 54.5 Å². The summed E-state index contributed by atoms with van der Waals surface area (Å²) < 4.78 is 44.7. The zero-order valence-corrected chi connectivity index (χ0v) is 21.6. The summed E-state index contributed by atoms with van der Waals surface area (Å²) in [5, 5.41) is -0.934. The van der Waals surface area contributed by atoms with Crippen LogP contribution in [0.25, 0.3) is 0 Å². The Morgan fingerprint density at radius 1 is 0.912 bits per heavy atom. The summed E-state index contributed by atoms with van der Waals surface area (Å²) in [5.41, 5.74) is 0. The van der Waals surface area contributed by atoms with Gasteiger partial charge in [0.1, 0.15) is 12.3 Å². The molecule has 3 aliphatic carbocycles. The van der Waals surface area contributed by atoms with E-state index in [1.807, 2.05) is 16.7 Å². The van der Waals surface area contributed by atoms with Crippen LogP contribution in [0.4, 0.5) is 9.18 Å². The molecule has 9 heteroatoms. The Labute approximate surface area is 203 Å². The fourth-order valence-corrected chi connectivity index (χ4v) is 8.50. The van der Waals surface area contributed by atoms with Gasteiger partial charge in [-0.05, 0) is 83.0 Å². The summed E-state index contributed by atoms with van der Waals surface area (Å²) in [6.45, 7) is 4.03. The third kappa shape index (κ3) is 5.39. The van der Waals surface area contributed by atoms with Crippen LogP contribution in [0.15, 0.2) is 0 Å². The lowest BCUT2D eigenvalue weighted by Crippen LogP contribution is -2.67. The van der Waals surface area contributed by atoms with Crippen molar-refractivity contribution in [2.45, 2.75) is 120 Å². The van der Waals surface area contributed by atoms with Gasteiger partial charge in [0.25, 0.3) is 0 Å². The number of amides is 2. The van der Waals surface area contributed by atoms with Gasteiger partial charge in [-0.1, -0.05) is 6.42 Å². The maximum atomic E-state index is 14.4. The number of ether oxygens (including phenoxy) is 1. The van der Waals surface area contributed by atoms with Gasteiger partial charge in [0.05, 0.1) is 17.3 Å². The molecule has 1 saturated heterocycles. The van der Waals surface area contributed by atoms with Crippen molar-refractivity contribution in [3.05, 3.63) is 0 Å². The Morgan fingerprint density at radius 3 is 2.21 bits per heavy atom. The molecule has 0 spiro atoms. The average molecular weight is 501 g/mol. The lowest BCUT2D eigenvalue weighted by atomic mass is 9.69. The van der Waals surface area contributed by atoms with Gasteiger partial charge in [-0.25, -0.2) is 17.6 Å². The third-order valence-electron chi connectivity index (χ3n) is 8.90. The lowest BCUT2D eigenvalue weighted by molar-refractivity contribution is -0.143. The van der Waals surface area contributed by atoms with E-state index in [0.29, 0.717) is 25.8 Å². The number of rotatable bonds is 3. The van der Waals surface area contributed by atoms with Gasteiger partial charge in [0, 0.05) is 25.8 Å². The van der Waals surface area contributed by atoms with Crippen molar-refractivity contribution in [1.82, 2.24) is 9.80 Å². The topological polar surface area (TPSA) is 84.0 Å². The Balaban J connectivity index is 1.51. The van der Waals surface area contributed by atoms with Crippen LogP contribution in [0, 0.1) is 11.8 Å². The quantitative estimate of drug-likeness (QED) is 0.583. The summed E-state index contributed by atoms with van der Waals surface area (Å²) in [5.74, 6) is 0.357. The van der Waals surface area contributed by atoms with Crippen molar-refractivity contribution in [1.29, 1.82) is 0 Å². The maximum absolute atomic E-state index is 14.4. The van der Waals surface area contributed by atoms with Gasteiger partial charge in [-0.3, -0.25) is 4.79 Å². The van der Waals surface area contributed by atoms with Crippen molar-refractivity contribution in [3.63, 3.8) is 0 Å². The zero-order chi connectivity index (χ0) is 24.6. The van der Waals surface area contributed by atoms with Crippen LogP contribution in [0.5, 0.6) is 0 Å². The van der Waals surface area contributed by atoms with Crippen LogP contribution in [0.2, 0.25) is 0 Å². The molecule has 34 heavy (non-hydrogen) atoms. The molecule has 0 aromatic carbocycles. The molecule has 0 radical (unpaired) electrons. The van der Waals surface area contributed by atoms with Gasteiger partial charge in [-0.15, -0.1) is 0 Å². The molecule has 1 heterocycles. The second-order valence-corrected chi connectivity index (χ2v) is 13.5. The van der Waals surface area contributed by atoms with E-state index < -0.39 is 21.3 Å². The molecule has 0 N–H and O–H groups in total. The molecule has 6 unspecified atom stereocenters. The predicted octanol–water partition coefficient (Wildman–Crippen LogP) is 4.10. The van der Waals surface area contributed by atoms with Crippen molar-refractivity contribution >= 4 is 21.8 Å². The van der Waals surface area contributed by atoms with Crippen molar-refractivity contribution in [2.75, 3.05) is 12.8 Å². The number of sulfone groups is 1. The molecule has 194 valence electrons. The molecule has 0 bridgehead atoms. The van der Waals surface area contributed by atoms with Gasteiger partial charge in [0.2, 0.25) is 5.91 Å². The highest BCUT2D eigenvalue weighted by Crippen LogP contribution is 2.44. The van der Waals surface area contributed by atoms with Crippen LogP contribution >= 0.6 is 0 Å². The molecule has 7 atom stereocenters. The molecule has 3 saturated carbocycles. The van der Waals surface area contributed by atoms with Crippen molar-refractivity contribution in [3.8, 4) is 0 Å². The minimum atomic E-state index is -3.45. The highest BCUT2D eigenvalue weighted by atomic mass is 32.2. The number of nitrogens with zero attached hydrogens (tertiary/aromatic N) is 2. The van der Waals surface area contributed by atoms with Gasteiger partial charge in [-0.2, -0.15) is 0 Å². The van der Waals surface area contributed by atoms with Crippen LogP contribution < -0.4 is 0 Å². The zero-order valence-electron chi connectivity index (χ0n) is 20.8. The highest BCUT2D eigenvalue weighted by Gasteiger charge is 2.49. The van der Waals surface area contributed by atoms with Crippen LogP contribution in [-0.4, -0.2) is 78.7 Å². The minimum absolute atomic E-state index is 0.0244. The second kappa shape index (κ2) is 10.3. The standard InChI is InChI=1S/C25H41FN2O5S/c1-16-15-27(25(30)33-20-7-5-4-6-8-20)23-13-18(10-12-22(23)28(16)17(2)29)19-9-11-21(26)24(14-19)34(3,31)32/h16,18-24H,4-15H2,1-3H3/t16-,18?,19?,21?,22?,23?,24?/m0/s1. The van der Waals surface area contributed by atoms with E-state index in [0.717, 1.165) is 44.8 Å². The molecular weight excluding hydrogens is 459 g/mol. The molecule has 4 fully saturated rings. The van der Waals surface area contributed by atoms with E-state index in [9.17, 15) is 22.4 Å². The first-order valence-corrected chi connectivity index (χ1v) is 15.1. The Morgan fingerprint density at radius 2 is 1.56 bits per heavy atom. The average Bonchev–Trinajstić information content (AvgIpc) is 2.78. The number of alkyl halides is 1. The van der Waals surface area contributed by atoms with E-state index in [2.05, 4.69) is 0 Å². The molecule has 7 nitrogen and oxygen atoms in total. The number of carbonyl (C=O) groups excluding carboxylic acids is 2. The number of hydrogen-bond acceptors (Lipinski definition) is 5. The number of halogens is 1. The second-order valence-electron chi connectivity index (χ2n) is 11.2. The van der Waals surface area contributed by atoms with Gasteiger partial charge < -0.3 is 14.5 Å². The predicted molar refractivity (Wildman–Crippen MR) is 128 cm³/mol. The smallest absolute Gasteiger partial charge is 0.410 e. The number of hydrogen-bond donors (Lipinski definition) is 0. The van der Waals surface area contributed by atoms with Gasteiger partial charge >= 0.3 is 6.09 Å². The largest absolute Gasteiger partial charge is 0.446 e. The molecule has 0 aromatic heterocycles. The fourth-order valence-electron chi connectivity index (χ4n) is 7.23. The Bertz CT molecular complexity index is 861. The number of fused-ring (bicyclic) bond motifs is 1. The SMILES string of the molecule is CC(=O)N1C2CCC(C3CCC(F)C(S(C)(=O)=O)C3)CC2N(C(=O)OC2CCCCC2)C[C@@H]1C. The summed E-state index contributed by atoms with van der Waals surface area (Å²) >= 11 is 0. The van der Waals surface area contributed by atoms with E-state index in [1.54, 1.807) is 6.92 Å². The fraction of sp³-hybridized carbons (Fsp3) is 0.920. The molecular formula is C25H41FN2O5S. The molecule has 2 amide bonds. The molecule has 1 aliphatic heterocycles. The number of piperazine rings is 1. The van der Waals surface area contributed by atoms with E-state index in [1.165, 1.54) is 6.42 Å². The van der Waals surface area contributed by atoms with Crippen LogP contribution in [-0.2, 0) is 19.4 Å². The first kappa shape index (κ1) is 25.7. The lowest BCUT2D eigenvalue weighted by Gasteiger charge is -2.54. The van der Waals surface area contributed by atoms with Crippen molar-refractivity contribution in [2.24, 2.45) is 11.8 Å². The monoisotopic (exact) mass is 500 g/mol. The van der Waals surface area contributed by atoms with Crippen LogP contribution in [0.3, 0.4) is 0 Å². The molecule has 4 rings (SSSR count). The first-order chi connectivity index (χ1) is 16.1. The summed E-state index contributed by atoms with van der Waals surface area (Å²) in [7, 11) is -3.45. The van der Waals surface area contributed by atoms with Gasteiger partial charge in [0.15, 0.2) is 9.84 Å². The summed E-state index contributed by atoms with van der Waals surface area (Å²) in [4.78, 5) is 29.6. The van der Waals surface area contributed by atoms with E-state index >= 15 is 0 Å². The minimum Gasteiger partial charge on any atom is -0.446 e. The van der Waals surface area contributed by atoms with Crippen LogP contribution in [0.1, 0.15) is 84.5 Å². The molecule has 0 aromatic rings. The first-order valence-electron chi connectivity index (χ1n) is 13.1. The Kier molecular flexibility index (Phi) is 7.80.